The summed E-state index contributed by atoms with van der Waals surface area (Å²) in [5.41, 5.74) is -1.19. The molecule has 0 radical (unpaired) electrons. The largest absolute Gasteiger partial charge is 0.460 e. The zero-order valence-electron chi connectivity index (χ0n) is 12.7. The summed E-state index contributed by atoms with van der Waals surface area (Å²) in [4.78, 5) is 16.3. The van der Waals surface area contributed by atoms with E-state index in [0.29, 0.717) is 32.1 Å². The molecular weight excluding hydrogens is 354 g/mol. The Morgan fingerprint density at radius 2 is 2.14 bits per heavy atom. The van der Waals surface area contributed by atoms with E-state index in [2.05, 4.69) is 20.9 Å². The zero-order chi connectivity index (χ0) is 15.7. The molecule has 1 aromatic heterocycles. The maximum Gasteiger partial charge on any atom is 0.309 e. The molecule has 0 aliphatic heterocycles. The molecule has 1 heterocycles. The molecule has 0 unspecified atom stereocenters. The van der Waals surface area contributed by atoms with Gasteiger partial charge in [0.05, 0.1) is 26.5 Å². The van der Waals surface area contributed by atoms with Gasteiger partial charge in [-0.15, -0.1) is 11.3 Å². The van der Waals surface area contributed by atoms with E-state index in [4.69, 9.17) is 4.74 Å². The van der Waals surface area contributed by atoms with Crippen molar-refractivity contribution in [2.24, 2.45) is 5.92 Å². The predicted molar refractivity (Wildman–Crippen MR) is 86.3 cm³/mol. The molecule has 4 nitrogen and oxygen atoms in total. The number of thiazole rings is 1. The molecule has 0 bridgehead atoms. The summed E-state index contributed by atoms with van der Waals surface area (Å²) >= 11 is 4.93. The van der Waals surface area contributed by atoms with Crippen LogP contribution in [0.25, 0.3) is 0 Å². The summed E-state index contributed by atoms with van der Waals surface area (Å²) in [5, 5.41) is 11.6. The van der Waals surface area contributed by atoms with E-state index in [1.54, 1.807) is 17.5 Å². The number of carbonyl (C=O) groups excluding carboxylic acids is 1. The van der Waals surface area contributed by atoms with Crippen LogP contribution in [-0.4, -0.2) is 27.3 Å². The Bertz CT molecular complexity index is 501. The Morgan fingerprint density at radius 1 is 1.52 bits per heavy atom. The Labute approximate surface area is 138 Å². The highest BCUT2D eigenvalue weighted by atomic mass is 79.9. The quantitative estimate of drug-likeness (QED) is 0.817. The number of hydrogen-bond acceptors (Lipinski definition) is 5. The SMILES string of the molecule is CC(C)(C)OC(=O)C1CCC(O)(Cc2ncc(Br)s2)CC1. The molecule has 2 rings (SSSR count). The van der Waals surface area contributed by atoms with E-state index < -0.39 is 11.2 Å². The van der Waals surface area contributed by atoms with Gasteiger partial charge in [-0.05, 0) is 62.4 Å². The van der Waals surface area contributed by atoms with Gasteiger partial charge in [-0.1, -0.05) is 0 Å². The second kappa shape index (κ2) is 6.34. The Hall–Kier alpha value is -0.460. The van der Waals surface area contributed by atoms with Crippen LogP contribution in [0.15, 0.2) is 9.98 Å². The molecule has 0 saturated heterocycles. The van der Waals surface area contributed by atoms with E-state index in [-0.39, 0.29) is 11.9 Å². The fourth-order valence-corrected chi connectivity index (χ4v) is 4.04. The van der Waals surface area contributed by atoms with Crippen molar-refractivity contribution < 1.29 is 14.6 Å². The minimum Gasteiger partial charge on any atom is -0.460 e. The number of esters is 1. The van der Waals surface area contributed by atoms with Gasteiger partial charge in [0.25, 0.3) is 0 Å². The predicted octanol–water partition coefficient (Wildman–Crippen LogP) is 3.71. The van der Waals surface area contributed by atoms with Crippen molar-refractivity contribution >= 4 is 33.2 Å². The van der Waals surface area contributed by atoms with Crippen molar-refractivity contribution in [3.05, 3.63) is 15.0 Å². The van der Waals surface area contributed by atoms with Crippen molar-refractivity contribution in [3.63, 3.8) is 0 Å². The van der Waals surface area contributed by atoms with E-state index in [1.165, 1.54) is 0 Å². The van der Waals surface area contributed by atoms with Gasteiger partial charge in [-0.3, -0.25) is 4.79 Å². The third-order valence-electron chi connectivity index (χ3n) is 3.66. The normalized spacial score (nSPS) is 26.6. The van der Waals surface area contributed by atoms with Crippen LogP contribution in [0.5, 0.6) is 0 Å². The summed E-state index contributed by atoms with van der Waals surface area (Å²) in [6.45, 7) is 5.64. The molecule has 1 N–H and O–H groups in total. The van der Waals surface area contributed by atoms with Gasteiger partial charge in [0.2, 0.25) is 0 Å². The van der Waals surface area contributed by atoms with Crippen LogP contribution in [0, 0.1) is 5.92 Å². The van der Waals surface area contributed by atoms with Gasteiger partial charge in [0.1, 0.15) is 5.60 Å². The number of aliphatic hydroxyl groups is 1. The zero-order valence-corrected chi connectivity index (χ0v) is 15.1. The average Bonchev–Trinajstić information content (AvgIpc) is 2.72. The summed E-state index contributed by atoms with van der Waals surface area (Å²) in [5.74, 6) is -0.228. The van der Waals surface area contributed by atoms with Crippen LogP contribution in [-0.2, 0) is 16.0 Å². The molecule has 0 amide bonds. The van der Waals surface area contributed by atoms with Gasteiger partial charge in [0, 0.05) is 6.42 Å². The highest BCUT2D eigenvalue weighted by molar-refractivity contribution is 9.11. The summed E-state index contributed by atoms with van der Waals surface area (Å²) in [6.07, 6.45) is 4.91. The molecule has 0 spiro atoms. The molecule has 1 aromatic rings. The molecule has 21 heavy (non-hydrogen) atoms. The number of rotatable bonds is 3. The van der Waals surface area contributed by atoms with Crippen LogP contribution in [0.2, 0.25) is 0 Å². The minimum absolute atomic E-state index is 0.0902. The van der Waals surface area contributed by atoms with Crippen molar-refractivity contribution in [3.8, 4) is 0 Å². The van der Waals surface area contributed by atoms with Crippen LogP contribution in [0.4, 0.5) is 0 Å². The van der Waals surface area contributed by atoms with E-state index >= 15 is 0 Å². The average molecular weight is 376 g/mol. The van der Waals surface area contributed by atoms with Crippen molar-refractivity contribution in [2.75, 3.05) is 0 Å². The highest BCUT2D eigenvalue weighted by Crippen LogP contribution is 2.36. The molecular formula is C15H22BrNO3S. The minimum atomic E-state index is -0.740. The van der Waals surface area contributed by atoms with E-state index in [0.717, 1.165) is 8.79 Å². The number of halogens is 1. The maximum atomic E-state index is 12.1. The van der Waals surface area contributed by atoms with Gasteiger partial charge in [0.15, 0.2) is 0 Å². The second-order valence-electron chi connectivity index (χ2n) is 6.77. The number of ether oxygens (including phenoxy) is 1. The topological polar surface area (TPSA) is 59.4 Å². The van der Waals surface area contributed by atoms with E-state index in [1.807, 2.05) is 20.8 Å². The van der Waals surface area contributed by atoms with Crippen LogP contribution >= 0.6 is 27.3 Å². The molecule has 0 aromatic carbocycles. The summed E-state index contributed by atoms with van der Waals surface area (Å²) < 4.78 is 6.41. The first-order chi connectivity index (χ1) is 9.67. The first kappa shape index (κ1) is 16.9. The first-order valence-corrected chi connectivity index (χ1v) is 8.83. The molecule has 6 heteroatoms. The molecule has 1 aliphatic rings. The lowest BCUT2D eigenvalue weighted by Gasteiger charge is -2.35. The molecule has 1 fully saturated rings. The fourth-order valence-electron chi connectivity index (χ4n) is 2.60. The summed E-state index contributed by atoms with van der Waals surface area (Å²) in [6, 6.07) is 0. The van der Waals surface area contributed by atoms with Crippen molar-refractivity contribution in [2.45, 2.75) is 64.1 Å². The highest BCUT2D eigenvalue weighted by Gasteiger charge is 2.38. The Kier molecular flexibility index (Phi) is 5.11. The van der Waals surface area contributed by atoms with Crippen LogP contribution < -0.4 is 0 Å². The van der Waals surface area contributed by atoms with Crippen LogP contribution in [0.1, 0.15) is 51.5 Å². The van der Waals surface area contributed by atoms with Crippen LogP contribution in [0.3, 0.4) is 0 Å². The number of aromatic nitrogens is 1. The molecule has 1 saturated carbocycles. The van der Waals surface area contributed by atoms with Gasteiger partial charge in [-0.2, -0.15) is 0 Å². The first-order valence-electron chi connectivity index (χ1n) is 7.22. The van der Waals surface area contributed by atoms with Crippen molar-refractivity contribution in [1.29, 1.82) is 0 Å². The van der Waals surface area contributed by atoms with Gasteiger partial charge in [-0.25, -0.2) is 4.98 Å². The smallest absolute Gasteiger partial charge is 0.309 e. The van der Waals surface area contributed by atoms with E-state index in [9.17, 15) is 9.90 Å². The number of hydrogen-bond donors (Lipinski definition) is 1. The number of carbonyl (C=O) groups is 1. The van der Waals surface area contributed by atoms with Crippen molar-refractivity contribution in [1.82, 2.24) is 4.98 Å². The lowest BCUT2D eigenvalue weighted by atomic mass is 9.77. The Balaban J connectivity index is 1.88. The summed E-state index contributed by atoms with van der Waals surface area (Å²) in [7, 11) is 0. The maximum absolute atomic E-state index is 12.1. The molecule has 0 atom stereocenters. The lowest BCUT2D eigenvalue weighted by molar-refractivity contribution is -0.162. The van der Waals surface area contributed by atoms with Gasteiger partial charge < -0.3 is 9.84 Å². The third-order valence-corrected chi connectivity index (χ3v) is 5.14. The lowest BCUT2D eigenvalue weighted by Crippen LogP contribution is -2.39. The molecule has 118 valence electrons. The fraction of sp³-hybridized carbons (Fsp3) is 0.733. The third kappa shape index (κ3) is 5.04. The van der Waals surface area contributed by atoms with Gasteiger partial charge >= 0.3 is 5.97 Å². The second-order valence-corrected chi connectivity index (χ2v) is 9.26. The Morgan fingerprint density at radius 3 is 2.62 bits per heavy atom. The molecule has 1 aliphatic carbocycles. The monoisotopic (exact) mass is 375 g/mol. The standard InChI is InChI=1S/C15H22BrNO3S/c1-14(2,3)20-13(18)10-4-6-15(19,7-5-10)8-12-17-9-11(16)21-12/h9-10,19H,4-8H2,1-3H3. The number of nitrogens with zero attached hydrogens (tertiary/aromatic N) is 1.